The first-order valence-electron chi connectivity index (χ1n) is 9.59. The first-order chi connectivity index (χ1) is 13.7. The number of nitrogens with one attached hydrogen (secondary N) is 2. The highest BCUT2D eigenvalue weighted by Gasteiger charge is 2.28. The van der Waals surface area contributed by atoms with E-state index in [0.717, 1.165) is 55.1 Å². The minimum absolute atomic E-state index is 0.0347. The number of fused-ring (bicyclic) bond motifs is 2. The van der Waals surface area contributed by atoms with E-state index >= 15 is 0 Å². The zero-order chi connectivity index (χ0) is 19.1. The van der Waals surface area contributed by atoms with Crippen LogP contribution in [0.4, 0.5) is 5.69 Å². The maximum atomic E-state index is 11.8. The number of carbonyl (C=O) groups excluding carboxylic acids is 1. The lowest BCUT2D eigenvalue weighted by molar-refractivity contribution is -0.115. The van der Waals surface area contributed by atoms with Gasteiger partial charge < -0.3 is 10.6 Å². The first-order valence-corrected chi connectivity index (χ1v) is 10.7. The number of rotatable bonds is 4. The number of nitrogens with zero attached hydrogens (tertiary/aromatic N) is 2. The van der Waals surface area contributed by atoms with E-state index in [-0.39, 0.29) is 11.9 Å². The summed E-state index contributed by atoms with van der Waals surface area (Å²) in [6, 6.07) is 12.6. The molecule has 5 nitrogen and oxygen atoms in total. The monoisotopic (exact) mass is 412 g/mol. The minimum atomic E-state index is 0.0347. The van der Waals surface area contributed by atoms with Crippen molar-refractivity contribution in [2.45, 2.75) is 18.9 Å². The van der Waals surface area contributed by atoms with Gasteiger partial charge in [0.2, 0.25) is 5.91 Å². The maximum Gasteiger partial charge on any atom is 0.228 e. The Kier molecular flexibility index (Phi) is 4.80. The van der Waals surface area contributed by atoms with E-state index in [1.807, 2.05) is 6.07 Å². The van der Waals surface area contributed by atoms with Crippen LogP contribution in [-0.2, 0) is 17.6 Å². The third-order valence-electron chi connectivity index (χ3n) is 5.64. The third-order valence-corrected chi connectivity index (χ3v) is 6.83. The van der Waals surface area contributed by atoms with Crippen LogP contribution in [0.5, 0.6) is 0 Å². The number of carbonyl (C=O) groups is 1. The fourth-order valence-corrected chi connectivity index (χ4v) is 5.32. The number of amides is 1. The Morgan fingerprint density at radius 3 is 2.89 bits per heavy atom. The molecule has 7 heteroatoms. The summed E-state index contributed by atoms with van der Waals surface area (Å²) in [6.45, 7) is 3.88. The minimum Gasteiger partial charge on any atom is -0.325 e. The molecule has 1 saturated heterocycles. The predicted octanol–water partition coefficient (Wildman–Crippen LogP) is 3.63. The predicted molar refractivity (Wildman–Crippen MR) is 114 cm³/mol. The molecule has 1 amide bonds. The molecule has 0 spiro atoms. The van der Waals surface area contributed by atoms with Crippen molar-refractivity contribution in [2.75, 3.05) is 31.5 Å². The van der Waals surface area contributed by atoms with Crippen molar-refractivity contribution < 1.29 is 4.79 Å². The Morgan fingerprint density at radius 1 is 1.21 bits per heavy atom. The molecule has 5 rings (SSSR count). The molecule has 144 valence electrons. The standard InChI is InChI=1S/C21H21ClN4OS/c22-16-11-17-13(10-21(27)24-17)9-15(16)19(26-7-5-23-6-8-26)12-18-14-3-1-2-4-20(14)28-25-18/h1-4,9,11,19,23H,5-8,10,12H2,(H,24,27). The zero-order valence-electron chi connectivity index (χ0n) is 15.4. The van der Waals surface area contributed by atoms with Crippen molar-refractivity contribution in [3.05, 3.63) is 58.2 Å². The number of aromatic nitrogens is 1. The second kappa shape index (κ2) is 7.44. The summed E-state index contributed by atoms with van der Waals surface area (Å²) in [6.07, 6.45) is 1.23. The van der Waals surface area contributed by atoms with Crippen molar-refractivity contribution in [1.29, 1.82) is 0 Å². The lowest BCUT2D eigenvalue weighted by atomic mass is 9.95. The van der Waals surface area contributed by atoms with Gasteiger partial charge in [-0.3, -0.25) is 9.69 Å². The molecular weight excluding hydrogens is 392 g/mol. The van der Waals surface area contributed by atoms with Crippen LogP contribution < -0.4 is 10.6 Å². The van der Waals surface area contributed by atoms with Gasteiger partial charge in [-0.15, -0.1) is 0 Å². The van der Waals surface area contributed by atoms with E-state index < -0.39 is 0 Å². The van der Waals surface area contributed by atoms with Crippen molar-refractivity contribution in [2.24, 2.45) is 0 Å². The summed E-state index contributed by atoms with van der Waals surface area (Å²) in [7, 11) is 0. The SMILES string of the molecule is O=C1Cc2cc(C(Cc3nsc4ccccc34)N3CCNCC3)c(Cl)cc2N1. The molecule has 3 aromatic rings. The average Bonchev–Trinajstić information content (AvgIpc) is 3.28. The van der Waals surface area contributed by atoms with Gasteiger partial charge in [-0.25, -0.2) is 0 Å². The molecular formula is C21H21ClN4OS. The number of hydrogen-bond donors (Lipinski definition) is 2. The number of piperazine rings is 1. The quantitative estimate of drug-likeness (QED) is 0.687. The lowest BCUT2D eigenvalue weighted by Gasteiger charge is -2.35. The van der Waals surface area contributed by atoms with Gasteiger partial charge >= 0.3 is 0 Å². The smallest absolute Gasteiger partial charge is 0.228 e. The van der Waals surface area contributed by atoms with E-state index in [1.54, 1.807) is 11.5 Å². The Morgan fingerprint density at radius 2 is 2.04 bits per heavy atom. The van der Waals surface area contributed by atoms with Crippen molar-refractivity contribution in [1.82, 2.24) is 14.6 Å². The van der Waals surface area contributed by atoms with Crippen molar-refractivity contribution in [3.63, 3.8) is 0 Å². The van der Waals surface area contributed by atoms with E-state index in [1.165, 1.54) is 10.1 Å². The topological polar surface area (TPSA) is 57.3 Å². The van der Waals surface area contributed by atoms with Gasteiger partial charge in [0.25, 0.3) is 0 Å². The highest BCUT2D eigenvalue weighted by Crippen LogP contribution is 2.37. The molecule has 0 bridgehead atoms. The fourth-order valence-electron chi connectivity index (χ4n) is 4.22. The zero-order valence-corrected chi connectivity index (χ0v) is 16.9. The number of hydrogen-bond acceptors (Lipinski definition) is 5. The van der Waals surface area contributed by atoms with Crippen LogP contribution in [0.3, 0.4) is 0 Å². The fraction of sp³-hybridized carbons (Fsp3) is 0.333. The molecule has 1 unspecified atom stereocenters. The largest absolute Gasteiger partial charge is 0.325 e. The van der Waals surface area contributed by atoms with Crippen LogP contribution in [0.2, 0.25) is 5.02 Å². The van der Waals surface area contributed by atoms with Crippen LogP contribution in [-0.4, -0.2) is 41.4 Å². The molecule has 2 aliphatic rings. The van der Waals surface area contributed by atoms with E-state index in [2.05, 4.69) is 45.9 Å². The summed E-state index contributed by atoms with van der Waals surface area (Å²) in [5, 5.41) is 8.26. The van der Waals surface area contributed by atoms with Crippen LogP contribution in [0.15, 0.2) is 36.4 Å². The molecule has 2 N–H and O–H groups in total. The normalized spacial score (nSPS) is 18.2. The molecule has 1 fully saturated rings. The summed E-state index contributed by atoms with van der Waals surface area (Å²) in [4.78, 5) is 14.3. The lowest BCUT2D eigenvalue weighted by Crippen LogP contribution is -2.45. The Bertz CT molecular complexity index is 1040. The second-order valence-corrected chi connectivity index (χ2v) is 8.60. The van der Waals surface area contributed by atoms with E-state index in [4.69, 9.17) is 16.0 Å². The van der Waals surface area contributed by atoms with Crippen molar-refractivity contribution in [3.8, 4) is 0 Å². The van der Waals surface area contributed by atoms with E-state index in [0.29, 0.717) is 11.4 Å². The molecule has 2 aromatic carbocycles. The molecule has 1 atom stereocenters. The highest BCUT2D eigenvalue weighted by molar-refractivity contribution is 7.13. The maximum absolute atomic E-state index is 11.8. The van der Waals surface area contributed by atoms with E-state index in [9.17, 15) is 4.79 Å². The number of benzene rings is 2. The Hall–Kier alpha value is -1.99. The van der Waals surface area contributed by atoms with Gasteiger partial charge in [0.1, 0.15) is 0 Å². The van der Waals surface area contributed by atoms with Gasteiger partial charge in [0, 0.05) is 54.7 Å². The Labute approximate surface area is 172 Å². The van der Waals surface area contributed by atoms with Gasteiger partial charge in [-0.1, -0.05) is 35.9 Å². The van der Waals surface area contributed by atoms with Crippen molar-refractivity contribution >= 4 is 44.8 Å². The molecule has 2 aliphatic heterocycles. The third kappa shape index (κ3) is 3.31. The van der Waals surface area contributed by atoms with Gasteiger partial charge in [-0.05, 0) is 34.8 Å². The summed E-state index contributed by atoms with van der Waals surface area (Å²) in [5.41, 5.74) is 4.09. The van der Waals surface area contributed by atoms with Gasteiger partial charge in [0.15, 0.2) is 0 Å². The van der Waals surface area contributed by atoms with Crippen LogP contribution in [0.1, 0.15) is 22.9 Å². The molecule has 28 heavy (non-hydrogen) atoms. The van der Waals surface area contributed by atoms with Gasteiger partial charge in [-0.2, -0.15) is 4.37 Å². The molecule has 3 heterocycles. The second-order valence-electron chi connectivity index (χ2n) is 7.39. The Balaban J connectivity index is 1.55. The molecule has 0 aliphatic carbocycles. The molecule has 0 radical (unpaired) electrons. The average molecular weight is 413 g/mol. The van der Waals surface area contributed by atoms with Crippen LogP contribution >= 0.6 is 23.1 Å². The number of anilines is 1. The summed E-state index contributed by atoms with van der Waals surface area (Å²) in [5.74, 6) is 0.0347. The molecule has 0 saturated carbocycles. The highest BCUT2D eigenvalue weighted by atomic mass is 35.5. The van der Waals surface area contributed by atoms with Crippen LogP contribution in [0, 0.1) is 0 Å². The van der Waals surface area contributed by atoms with Gasteiger partial charge in [0.05, 0.1) is 16.8 Å². The summed E-state index contributed by atoms with van der Waals surface area (Å²) < 4.78 is 5.97. The van der Waals surface area contributed by atoms with Crippen LogP contribution in [0.25, 0.3) is 10.1 Å². The molecule has 1 aromatic heterocycles. The summed E-state index contributed by atoms with van der Waals surface area (Å²) >= 11 is 8.27. The number of halogens is 1. The first kappa shape index (κ1) is 18.1.